The van der Waals surface area contributed by atoms with Crippen molar-refractivity contribution in [2.75, 3.05) is 11.9 Å². The second kappa shape index (κ2) is 14.2. The molecule has 4 heterocycles. The molecule has 0 radical (unpaired) electrons. The van der Waals surface area contributed by atoms with Gasteiger partial charge in [0.05, 0.1) is 18.3 Å². The number of allylic oxidation sites excluding steroid dienone is 1. The van der Waals surface area contributed by atoms with Gasteiger partial charge in [0.25, 0.3) is 5.91 Å². The fraction of sp³-hybridized carbons (Fsp3) is 0.571. The van der Waals surface area contributed by atoms with Crippen LogP contribution in [0.5, 0.6) is 0 Å². The Balaban J connectivity index is 1.14. The first-order valence-corrected chi connectivity index (χ1v) is 20.1. The van der Waals surface area contributed by atoms with Crippen LogP contribution in [0.4, 0.5) is 14.3 Å². The van der Waals surface area contributed by atoms with E-state index in [1.54, 1.807) is 18.3 Å². The Kier molecular flexibility index (Phi) is 9.82. The van der Waals surface area contributed by atoms with Crippen LogP contribution in [0.25, 0.3) is 0 Å². The molecule has 1 saturated heterocycles. The molecular weight excluding hydrogens is 700 g/mol. The number of fused-ring (bicyclic) bond motifs is 3. The van der Waals surface area contributed by atoms with Crippen LogP contribution in [-0.2, 0) is 48.7 Å². The highest BCUT2D eigenvalue weighted by atomic mass is 32.2. The highest BCUT2D eigenvalue weighted by Crippen LogP contribution is 2.46. The number of carbonyl (C=O) groups is 4. The molecule has 2 aromatic rings. The maximum absolute atomic E-state index is 14.4. The minimum atomic E-state index is -3.89. The van der Waals surface area contributed by atoms with E-state index in [-0.39, 0.29) is 38.4 Å². The van der Waals surface area contributed by atoms with Gasteiger partial charge in [0.15, 0.2) is 5.13 Å². The fourth-order valence-corrected chi connectivity index (χ4v) is 9.43. The summed E-state index contributed by atoms with van der Waals surface area (Å²) >= 11 is 1.45. The Hall–Kier alpha value is -4.05. The van der Waals surface area contributed by atoms with Gasteiger partial charge in [0, 0.05) is 35.5 Å². The summed E-state index contributed by atoms with van der Waals surface area (Å²) in [5.74, 6) is -2.63. The minimum Gasteiger partial charge on any atom is -0.444 e. The zero-order valence-corrected chi connectivity index (χ0v) is 30.1. The van der Waals surface area contributed by atoms with E-state index >= 15 is 0 Å². The van der Waals surface area contributed by atoms with Crippen molar-refractivity contribution >= 4 is 50.3 Å². The maximum atomic E-state index is 14.4. The van der Waals surface area contributed by atoms with E-state index in [9.17, 15) is 32.0 Å². The lowest BCUT2D eigenvalue weighted by atomic mass is 10.1. The predicted molar refractivity (Wildman–Crippen MR) is 186 cm³/mol. The monoisotopic (exact) mass is 742 g/mol. The normalized spacial score (nSPS) is 28.1. The quantitative estimate of drug-likeness (QED) is 0.358. The number of nitrogens with one attached hydrogen (secondary N) is 3. The van der Waals surface area contributed by atoms with E-state index in [0.29, 0.717) is 35.5 Å². The largest absolute Gasteiger partial charge is 0.444 e. The SMILES string of the molecule is CCc1cnc(N[C@H]2CCCCCC=C[C@@H]3C[C@@]3(C(=O)NS(=O)(=O)C3CC3)NC(=O)[C@@H]3C[C@@H](OC(=O)N4Cc5cccc(F)c5C4)CN3C2=O)s1. The lowest BCUT2D eigenvalue weighted by Gasteiger charge is -2.29. The van der Waals surface area contributed by atoms with Crippen LogP contribution in [0.3, 0.4) is 0 Å². The van der Waals surface area contributed by atoms with Crippen molar-refractivity contribution < 1.29 is 36.7 Å². The van der Waals surface area contributed by atoms with Gasteiger partial charge in [-0.3, -0.25) is 24.0 Å². The zero-order valence-electron chi connectivity index (χ0n) is 28.4. The van der Waals surface area contributed by atoms with Crippen LogP contribution < -0.4 is 15.4 Å². The molecule has 2 aliphatic carbocycles. The second-order valence-corrected chi connectivity index (χ2v) is 17.3. The van der Waals surface area contributed by atoms with Crippen molar-refractivity contribution in [1.82, 2.24) is 24.8 Å². The number of thiazole rings is 1. The van der Waals surface area contributed by atoms with Gasteiger partial charge in [-0.1, -0.05) is 44.1 Å². The van der Waals surface area contributed by atoms with Crippen LogP contribution in [0.15, 0.2) is 36.5 Å². The number of ether oxygens (including phenoxy) is 1. The van der Waals surface area contributed by atoms with E-state index in [1.807, 2.05) is 19.1 Å². The Morgan fingerprint density at radius 2 is 1.98 bits per heavy atom. The minimum absolute atomic E-state index is 0.0377. The Labute approximate surface area is 300 Å². The molecule has 4 amide bonds. The fourth-order valence-electron chi connectivity index (χ4n) is 7.26. The summed E-state index contributed by atoms with van der Waals surface area (Å²) in [5.41, 5.74) is -0.395. The number of nitrogens with zero attached hydrogens (tertiary/aromatic N) is 3. The third-order valence-corrected chi connectivity index (χ3v) is 13.4. The molecule has 1 aromatic carbocycles. The molecular formula is C35H43FN6O7S2. The molecule has 0 bridgehead atoms. The molecule has 3 N–H and O–H groups in total. The van der Waals surface area contributed by atoms with Gasteiger partial charge in [0.1, 0.15) is 29.5 Å². The van der Waals surface area contributed by atoms with Crippen LogP contribution in [0, 0.1) is 11.7 Å². The number of carbonyl (C=O) groups excluding carboxylic acids is 4. The van der Waals surface area contributed by atoms with Gasteiger partial charge < -0.3 is 20.3 Å². The topological polar surface area (TPSA) is 167 Å². The van der Waals surface area contributed by atoms with Gasteiger partial charge in [-0.2, -0.15) is 0 Å². The van der Waals surface area contributed by atoms with E-state index in [4.69, 9.17) is 4.74 Å². The highest BCUT2D eigenvalue weighted by molar-refractivity contribution is 7.91. The van der Waals surface area contributed by atoms with Gasteiger partial charge in [-0.15, -0.1) is 11.3 Å². The molecule has 5 aliphatic rings. The molecule has 3 fully saturated rings. The summed E-state index contributed by atoms with van der Waals surface area (Å²) in [4.78, 5) is 63.9. The average Bonchev–Trinajstić information content (AvgIpc) is 3.90. The number of aryl methyl sites for hydroxylation is 1. The molecule has 7 rings (SSSR count). The first kappa shape index (κ1) is 35.4. The molecule has 5 atom stereocenters. The van der Waals surface area contributed by atoms with Crippen LogP contribution in [0.2, 0.25) is 0 Å². The Bertz CT molecular complexity index is 1850. The second-order valence-electron chi connectivity index (χ2n) is 14.2. The standard InChI is InChI=1S/C35H43FN6O7S2/c1-2-24-17-37-33(50-24)38-28-12-7-5-3-4-6-10-22-16-35(22,32(45)40-51(47,48)25-13-14-25)39-30(43)29-15-23(19-42(29)31(28)44)49-34(46)41-18-21-9-8-11-27(36)26(21)20-41/h6,8-11,17,22-23,25,28-29H,2-5,7,12-16,18-20H2,1H3,(H,37,38)(H,39,43)(H,40,45)/t22-,23-,28+,29+,35-/m1/s1. The van der Waals surface area contributed by atoms with Crippen molar-refractivity contribution in [2.45, 2.75) is 113 Å². The van der Waals surface area contributed by atoms with Crippen LogP contribution in [-0.4, -0.2) is 82.5 Å². The van der Waals surface area contributed by atoms with Crippen molar-refractivity contribution in [2.24, 2.45) is 5.92 Å². The predicted octanol–water partition coefficient (Wildman–Crippen LogP) is 3.75. The van der Waals surface area contributed by atoms with E-state index in [1.165, 1.54) is 27.2 Å². The highest BCUT2D eigenvalue weighted by Gasteiger charge is 2.62. The number of sulfonamides is 1. The smallest absolute Gasteiger partial charge is 0.410 e. The van der Waals surface area contributed by atoms with Crippen molar-refractivity contribution in [1.29, 1.82) is 0 Å². The summed E-state index contributed by atoms with van der Waals surface area (Å²) in [6.07, 6.45) is 9.55. The van der Waals surface area contributed by atoms with Crippen molar-refractivity contribution in [3.63, 3.8) is 0 Å². The molecule has 3 aliphatic heterocycles. The van der Waals surface area contributed by atoms with Crippen molar-refractivity contribution in [3.05, 3.63) is 58.4 Å². The van der Waals surface area contributed by atoms with Crippen molar-refractivity contribution in [3.8, 4) is 0 Å². The first-order valence-electron chi connectivity index (χ1n) is 17.8. The van der Waals surface area contributed by atoms with Gasteiger partial charge in [-0.05, 0) is 56.6 Å². The summed E-state index contributed by atoms with van der Waals surface area (Å²) in [6.45, 7) is 2.15. The van der Waals surface area contributed by atoms with Crippen LogP contribution in [0.1, 0.15) is 80.7 Å². The van der Waals surface area contributed by atoms with E-state index < -0.39 is 68.6 Å². The van der Waals surface area contributed by atoms with E-state index in [2.05, 4.69) is 20.3 Å². The van der Waals surface area contributed by atoms with Gasteiger partial charge >= 0.3 is 6.09 Å². The number of rotatable bonds is 7. The zero-order chi connectivity index (χ0) is 35.9. The van der Waals surface area contributed by atoms with Crippen LogP contribution >= 0.6 is 11.3 Å². The summed E-state index contributed by atoms with van der Waals surface area (Å²) < 4.78 is 48.0. The lowest BCUT2D eigenvalue weighted by Crippen LogP contribution is -2.57. The lowest BCUT2D eigenvalue weighted by molar-refractivity contribution is -0.140. The summed E-state index contributed by atoms with van der Waals surface area (Å²) in [6, 6.07) is 2.84. The average molecular weight is 743 g/mol. The molecule has 51 heavy (non-hydrogen) atoms. The summed E-state index contributed by atoms with van der Waals surface area (Å²) in [7, 11) is -3.89. The van der Waals surface area contributed by atoms with Gasteiger partial charge in [0.2, 0.25) is 21.8 Å². The van der Waals surface area contributed by atoms with E-state index in [0.717, 1.165) is 37.0 Å². The Morgan fingerprint density at radius 3 is 2.73 bits per heavy atom. The molecule has 13 nitrogen and oxygen atoms in total. The summed E-state index contributed by atoms with van der Waals surface area (Å²) in [5, 5.41) is 6.10. The molecule has 274 valence electrons. The third kappa shape index (κ3) is 7.48. The number of hydrogen-bond acceptors (Lipinski definition) is 10. The third-order valence-electron chi connectivity index (χ3n) is 10.5. The number of benzene rings is 1. The number of amides is 4. The maximum Gasteiger partial charge on any atom is 0.410 e. The molecule has 16 heteroatoms. The molecule has 2 saturated carbocycles. The number of halogens is 1. The first-order chi connectivity index (χ1) is 24.5. The number of aromatic nitrogens is 1. The molecule has 1 aromatic heterocycles. The number of hydrogen-bond donors (Lipinski definition) is 3. The number of anilines is 1. The Morgan fingerprint density at radius 1 is 1.16 bits per heavy atom. The molecule has 0 unspecified atom stereocenters. The molecule has 0 spiro atoms. The van der Waals surface area contributed by atoms with Gasteiger partial charge in [-0.25, -0.2) is 22.6 Å².